The van der Waals surface area contributed by atoms with Crippen molar-refractivity contribution < 1.29 is 0 Å². The van der Waals surface area contributed by atoms with E-state index in [1.165, 1.54) is 0 Å². The van der Waals surface area contributed by atoms with Crippen molar-refractivity contribution in [1.82, 2.24) is 14.8 Å². The Morgan fingerprint density at radius 2 is 2.06 bits per heavy atom. The van der Waals surface area contributed by atoms with Crippen molar-refractivity contribution >= 4 is 23.1 Å². The van der Waals surface area contributed by atoms with Crippen LogP contribution in [0, 0.1) is 0 Å². The number of nitrogens with two attached hydrogens (primary N) is 1. The lowest BCUT2D eigenvalue weighted by molar-refractivity contribution is 0.158. The minimum Gasteiger partial charge on any atom is -0.399 e. The van der Waals surface area contributed by atoms with Gasteiger partial charge in [-0.15, -0.1) is 0 Å². The zero-order valence-corrected chi connectivity index (χ0v) is 11.5. The molecular weight excluding hydrogens is 250 g/mol. The molecule has 2 rings (SSSR count). The molecule has 1 aliphatic rings. The molecule has 1 aliphatic heterocycles. The highest BCUT2D eigenvalue weighted by Crippen LogP contribution is 2.15. The highest BCUT2D eigenvalue weighted by atomic mass is 35.5. The molecule has 0 bridgehead atoms. The average molecular weight is 270 g/mol. The second-order valence-electron chi connectivity index (χ2n) is 4.68. The Bertz CT molecular complexity index is 370. The van der Waals surface area contributed by atoms with Gasteiger partial charge in [0.1, 0.15) is 11.0 Å². The van der Waals surface area contributed by atoms with Gasteiger partial charge in [-0.25, -0.2) is 4.98 Å². The summed E-state index contributed by atoms with van der Waals surface area (Å²) < 4.78 is 0. The summed E-state index contributed by atoms with van der Waals surface area (Å²) in [6.07, 6.45) is 0. The number of likely N-dealkylation sites (N-methyl/N-ethyl adjacent to an activating group) is 1. The normalized spacial score (nSPS) is 17.9. The van der Waals surface area contributed by atoms with Crippen molar-refractivity contribution in [1.29, 1.82) is 0 Å². The minimum atomic E-state index is 0.428. The van der Waals surface area contributed by atoms with Gasteiger partial charge in [-0.3, -0.25) is 4.90 Å². The molecule has 0 unspecified atom stereocenters. The molecule has 0 atom stereocenters. The number of aromatic nitrogens is 1. The van der Waals surface area contributed by atoms with Crippen LogP contribution in [0.15, 0.2) is 12.1 Å². The summed E-state index contributed by atoms with van der Waals surface area (Å²) in [4.78, 5) is 8.97. The van der Waals surface area contributed by atoms with Gasteiger partial charge in [0.2, 0.25) is 0 Å². The second kappa shape index (κ2) is 6.22. The minimum absolute atomic E-state index is 0.428. The second-order valence-corrected chi connectivity index (χ2v) is 5.07. The van der Waals surface area contributed by atoms with Crippen molar-refractivity contribution in [3.63, 3.8) is 0 Å². The number of halogens is 1. The maximum atomic E-state index is 5.85. The number of rotatable bonds is 4. The smallest absolute Gasteiger partial charge is 0.133 e. The van der Waals surface area contributed by atoms with Gasteiger partial charge in [-0.2, -0.15) is 0 Å². The lowest BCUT2D eigenvalue weighted by atomic mass is 10.3. The first kappa shape index (κ1) is 13.4. The van der Waals surface area contributed by atoms with Gasteiger partial charge in [0.05, 0.1) is 0 Å². The summed E-state index contributed by atoms with van der Waals surface area (Å²) in [6.45, 7) is 6.41. The molecule has 0 radical (unpaired) electrons. The van der Waals surface area contributed by atoms with Crippen molar-refractivity contribution in [2.75, 3.05) is 57.4 Å². The Kier molecular flexibility index (Phi) is 4.63. The molecule has 1 saturated heterocycles. The predicted molar refractivity (Wildman–Crippen MR) is 76.1 cm³/mol. The van der Waals surface area contributed by atoms with E-state index in [0.29, 0.717) is 10.8 Å². The summed E-state index contributed by atoms with van der Waals surface area (Å²) in [5, 5.41) is 3.68. The van der Waals surface area contributed by atoms with Gasteiger partial charge >= 0.3 is 0 Å². The van der Waals surface area contributed by atoms with E-state index in [0.717, 1.165) is 45.1 Å². The van der Waals surface area contributed by atoms with Crippen LogP contribution in [0.25, 0.3) is 0 Å². The van der Waals surface area contributed by atoms with E-state index in [1.54, 1.807) is 12.1 Å². The largest absolute Gasteiger partial charge is 0.399 e. The van der Waals surface area contributed by atoms with Crippen LogP contribution in [0.4, 0.5) is 11.5 Å². The first-order chi connectivity index (χ1) is 8.63. The number of nitrogens with zero attached hydrogens (tertiary/aromatic N) is 3. The van der Waals surface area contributed by atoms with Crippen LogP contribution in [0.2, 0.25) is 5.15 Å². The zero-order chi connectivity index (χ0) is 13.0. The molecule has 0 amide bonds. The van der Waals surface area contributed by atoms with Crippen molar-refractivity contribution in [3.8, 4) is 0 Å². The first-order valence-electron chi connectivity index (χ1n) is 6.21. The van der Waals surface area contributed by atoms with Gasteiger partial charge in [-0.05, 0) is 13.1 Å². The third kappa shape index (κ3) is 4.01. The maximum absolute atomic E-state index is 5.85. The summed E-state index contributed by atoms with van der Waals surface area (Å²) in [6, 6.07) is 3.45. The fourth-order valence-corrected chi connectivity index (χ4v) is 2.24. The lowest BCUT2D eigenvalue weighted by Crippen LogP contribution is -2.45. The molecule has 3 N–H and O–H groups in total. The molecule has 1 aromatic heterocycles. The van der Waals surface area contributed by atoms with Gasteiger partial charge in [0, 0.05) is 51.0 Å². The third-order valence-corrected chi connectivity index (χ3v) is 3.34. The van der Waals surface area contributed by atoms with Crippen molar-refractivity contribution in [2.45, 2.75) is 0 Å². The number of anilines is 2. The van der Waals surface area contributed by atoms with E-state index in [9.17, 15) is 0 Å². The number of hydrogen-bond acceptors (Lipinski definition) is 5. The molecule has 0 saturated carbocycles. The van der Waals surface area contributed by atoms with E-state index in [4.69, 9.17) is 17.3 Å². The van der Waals surface area contributed by atoms with Crippen LogP contribution in [0.5, 0.6) is 0 Å². The molecule has 0 aromatic carbocycles. The summed E-state index contributed by atoms with van der Waals surface area (Å²) in [7, 11) is 2.16. The third-order valence-electron chi connectivity index (χ3n) is 3.15. The molecule has 100 valence electrons. The first-order valence-corrected chi connectivity index (χ1v) is 6.59. The van der Waals surface area contributed by atoms with E-state index in [1.807, 2.05) is 0 Å². The zero-order valence-electron chi connectivity index (χ0n) is 10.7. The van der Waals surface area contributed by atoms with Gasteiger partial charge in [0.25, 0.3) is 0 Å². The molecule has 2 heterocycles. The monoisotopic (exact) mass is 269 g/mol. The lowest BCUT2D eigenvalue weighted by Gasteiger charge is -2.32. The number of nitrogen functional groups attached to an aromatic ring is 1. The number of nitrogens with one attached hydrogen (secondary N) is 1. The highest BCUT2D eigenvalue weighted by Gasteiger charge is 2.12. The average Bonchev–Trinajstić information content (AvgIpc) is 2.30. The molecule has 1 aromatic rings. The molecule has 5 nitrogen and oxygen atoms in total. The van der Waals surface area contributed by atoms with Crippen LogP contribution in [0.1, 0.15) is 0 Å². The Labute approximate surface area is 113 Å². The molecule has 6 heteroatoms. The summed E-state index contributed by atoms with van der Waals surface area (Å²) in [5.74, 6) is 0.745. The molecule has 0 aliphatic carbocycles. The van der Waals surface area contributed by atoms with E-state index in [2.05, 4.69) is 27.1 Å². The standard InChI is InChI=1S/C12H20ClN5/c1-17-4-6-18(7-5-17)3-2-15-12-9-10(14)8-11(13)16-12/h8-9H,2-7H2,1H3,(H3,14,15,16). The molecule has 1 fully saturated rings. The SMILES string of the molecule is CN1CCN(CCNc2cc(N)cc(Cl)n2)CC1. The summed E-state index contributed by atoms with van der Waals surface area (Å²) in [5.41, 5.74) is 6.35. The fraction of sp³-hybridized carbons (Fsp3) is 0.583. The molecule has 18 heavy (non-hydrogen) atoms. The Hall–Kier alpha value is -1.04. The Morgan fingerprint density at radius 1 is 1.33 bits per heavy atom. The van der Waals surface area contributed by atoms with Gasteiger partial charge in [0.15, 0.2) is 0 Å². The van der Waals surface area contributed by atoms with Crippen molar-refractivity contribution in [3.05, 3.63) is 17.3 Å². The number of piperazine rings is 1. The van der Waals surface area contributed by atoms with E-state index in [-0.39, 0.29) is 0 Å². The van der Waals surface area contributed by atoms with Crippen molar-refractivity contribution in [2.24, 2.45) is 0 Å². The highest BCUT2D eigenvalue weighted by molar-refractivity contribution is 6.29. The molecular formula is C12H20ClN5. The Morgan fingerprint density at radius 3 is 2.72 bits per heavy atom. The van der Waals surface area contributed by atoms with Gasteiger partial charge in [-0.1, -0.05) is 11.6 Å². The van der Waals surface area contributed by atoms with Crippen LogP contribution in [0.3, 0.4) is 0 Å². The maximum Gasteiger partial charge on any atom is 0.133 e. The predicted octanol–water partition coefficient (Wildman–Crippen LogP) is 0.976. The number of hydrogen-bond donors (Lipinski definition) is 2. The quantitative estimate of drug-likeness (QED) is 0.798. The molecule has 0 spiro atoms. The topological polar surface area (TPSA) is 57.4 Å². The van der Waals surface area contributed by atoms with E-state index >= 15 is 0 Å². The summed E-state index contributed by atoms with van der Waals surface area (Å²) >= 11 is 5.85. The van der Waals surface area contributed by atoms with Gasteiger partial charge < -0.3 is 16.0 Å². The van der Waals surface area contributed by atoms with Crippen LogP contribution >= 0.6 is 11.6 Å². The van der Waals surface area contributed by atoms with Crippen LogP contribution in [-0.4, -0.2) is 61.1 Å². The van der Waals surface area contributed by atoms with Crippen LogP contribution < -0.4 is 11.1 Å². The number of pyridine rings is 1. The fourth-order valence-electron chi connectivity index (χ4n) is 2.02. The van der Waals surface area contributed by atoms with Crippen LogP contribution in [-0.2, 0) is 0 Å². The Balaban J connectivity index is 1.74. The van der Waals surface area contributed by atoms with E-state index < -0.39 is 0 Å².